The molecule has 4 bridgehead atoms. The van der Waals surface area contributed by atoms with Crippen LogP contribution in [0.1, 0.15) is 31.4 Å². The van der Waals surface area contributed by atoms with Gasteiger partial charge < -0.3 is 16.0 Å². The van der Waals surface area contributed by atoms with Crippen LogP contribution in [0.4, 0.5) is 36.3 Å². The number of alkyl halides is 3. The molecule has 9 nitrogen and oxygen atoms in total. The van der Waals surface area contributed by atoms with Gasteiger partial charge in [-0.3, -0.25) is 4.79 Å². The molecule has 0 unspecified atom stereocenters. The molecule has 5 rings (SSSR count). The van der Waals surface area contributed by atoms with Gasteiger partial charge in [-0.1, -0.05) is 36.4 Å². The van der Waals surface area contributed by atoms with E-state index in [1.807, 2.05) is 0 Å². The number of carbonyl (C=O) groups excluding carboxylic acids is 1. The number of amides is 1. The number of rotatable bonds is 4. The molecule has 2 heterocycles. The van der Waals surface area contributed by atoms with Crippen molar-refractivity contribution in [1.29, 1.82) is 0 Å². The number of benzene rings is 3. The molecule has 13 heteroatoms. The highest BCUT2D eigenvalue weighted by Crippen LogP contribution is 2.34. The first-order chi connectivity index (χ1) is 20.3. The monoisotopic (exact) mass is 610 g/mol. The summed E-state index contributed by atoms with van der Waals surface area (Å²) in [5.74, 6) is 0.338. The van der Waals surface area contributed by atoms with Crippen molar-refractivity contribution in [3.05, 3.63) is 90.1 Å². The van der Waals surface area contributed by atoms with E-state index in [0.717, 1.165) is 17.7 Å². The van der Waals surface area contributed by atoms with Crippen LogP contribution >= 0.6 is 0 Å². The quantitative estimate of drug-likeness (QED) is 0.226. The van der Waals surface area contributed by atoms with Crippen LogP contribution in [-0.2, 0) is 26.4 Å². The van der Waals surface area contributed by atoms with Crippen molar-refractivity contribution in [2.75, 3.05) is 29.0 Å². The zero-order valence-electron chi connectivity index (χ0n) is 23.3. The molecule has 3 aromatic carbocycles. The first kappa shape index (κ1) is 30.0. The van der Waals surface area contributed by atoms with Crippen LogP contribution in [-0.4, -0.2) is 37.4 Å². The Morgan fingerprint density at radius 3 is 2.40 bits per heavy atom. The molecule has 0 atom stereocenters. The number of fused-ring (bicyclic) bond motifs is 4. The van der Waals surface area contributed by atoms with Gasteiger partial charge in [0, 0.05) is 36.2 Å². The Balaban J connectivity index is 1.36. The van der Waals surface area contributed by atoms with E-state index in [0.29, 0.717) is 35.7 Å². The lowest BCUT2D eigenvalue weighted by Gasteiger charge is -2.25. The third kappa shape index (κ3) is 6.78. The molecule has 0 saturated heterocycles. The second-order valence-corrected chi connectivity index (χ2v) is 12.3. The van der Waals surface area contributed by atoms with Crippen LogP contribution in [0.25, 0.3) is 11.1 Å². The lowest BCUT2D eigenvalue weighted by Crippen LogP contribution is -2.35. The third-order valence-electron chi connectivity index (χ3n) is 7.06. The number of sulfonamides is 1. The van der Waals surface area contributed by atoms with E-state index in [1.165, 1.54) is 24.3 Å². The summed E-state index contributed by atoms with van der Waals surface area (Å²) in [6.07, 6.45) is -2.38. The van der Waals surface area contributed by atoms with Gasteiger partial charge in [0.1, 0.15) is 5.82 Å². The molecule has 0 radical (unpaired) electrons. The number of nitrogens with one attached hydrogen (secondary N) is 4. The van der Waals surface area contributed by atoms with E-state index in [2.05, 4.69) is 30.6 Å². The van der Waals surface area contributed by atoms with E-state index in [9.17, 15) is 26.4 Å². The summed E-state index contributed by atoms with van der Waals surface area (Å²) in [4.78, 5) is 22.3. The highest BCUT2D eigenvalue weighted by Gasteiger charge is 2.35. The molecule has 0 aliphatic carbocycles. The molecule has 1 aliphatic rings. The van der Waals surface area contributed by atoms with Crippen molar-refractivity contribution in [3.63, 3.8) is 0 Å². The van der Waals surface area contributed by atoms with Gasteiger partial charge >= 0.3 is 6.18 Å². The molecule has 1 aromatic heterocycles. The zero-order valence-corrected chi connectivity index (χ0v) is 24.1. The van der Waals surface area contributed by atoms with Crippen molar-refractivity contribution < 1.29 is 26.4 Å². The van der Waals surface area contributed by atoms with Crippen LogP contribution in [0.15, 0.2) is 83.9 Å². The van der Waals surface area contributed by atoms with Crippen LogP contribution < -0.4 is 20.7 Å². The van der Waals surface area contributed by atoms with Gasteiger partial charge in [0.05, 0.1) is 15.9 Å². The highest BCUT2D eigenvalue weighted by atomic mass is 32.2. The Hall–Kier alpha value is -4.49. The van der Waals surface area contributed by atoms with Crippen molar-refractivity contribution in [1.82, 2.24) is 14.7 Å². The summed E-state index contributed by atoms with van der Waals surface area (Å²) >= 11 is 0. The maximum absolute atomic E-state index is 13.2. The minimum absolute atomic E-state index is 0.131. The van der Waals surface area contributed by atoms with E-state index in [-0.39, 0.29) is 23.0 Å². The number of carbonyl (C=O) groups is 1. The van der Waals surface area contributed by atoms with Crippen LogP contribution in [0.3, 0.4) is 0 Å². The number of aromatic nitrogens is 2. The Kier molecular flexibility index (Phi) is 8.12. The summed E-state index contributed by atoms with van der Waals surface area (Å²) in [7, 11) is -3.67. The minimum Gasteiger partial charge on any atom is -0.369 e. The first-order valence-corrected chi connectivity index (χ1v) is 14.9. The number of hydrogen-bond donors (Lipinski definition) is 4. The topological polar surface area (TPSA) is 125 Å². The highest BCUT2D eigenvalue weighted by molar-refractivity contribution is 7.89. The summed E-state index contributed by atoms with van der Waals surface area (Å²) in [5.41, 5.74) is 0.594. The maximum Gasteiger partial charge on any atom is 0.416 e. The number of halogens is 3. The van der Waals surface area contributed by atoms with Gasteiger partial charge in [-0.2, -0.15) is 18.2 Å². The van der Waals surface area contributed by atoms with Crippen molar-refractivity contribution in [2.45, 2.75) is 36.8 Å². The number of hydrogen-bond acceptors (Lipinski definition) is 7. The van der Waals surface area contributed by atoms with Gasteiger partial charge in [0.15, 0.2) is 0 Å². The molecule has 4 aromatic rings. The van der Waals surface area contributed by atoms with E-state index >= 15 is 0 Å². The summed E-state index contributed by atoms with van der Waals surface area (Å²) < 4.78 is 67.5. The fraction of sp³-hybridized carbons (Fsp3) is 0.233. The molecule has 224 valence electrons. The van der Waals surface area contributed by atoms with Crippen LogP contribution in [0.2, 0.25) is 0 Å². The predicted octanol–water partition coefficient (Wildman–Crippen LogP) is 5.92. The third-order valence-corrected chi connectivity index (χ3v) is 8.52. The standard InChI is InChI=1S/C30H29F3N6O3S/c1-29(2,20-6-3-7-21(16-20)30(31,32)33)27(40)37-22-12-10-19(11-13-22)25-18-35-28-38-23-8-4-9-24(17-23)43(41,42)36-15-5-14-34-26(25)39-28/h3-4,6-13,16-18,36H,5,14-15H2,1-2H3,(H,37,40)(H2,34,35,38,39). The second-order valence-electron chi connectivity index (χ2n) is 10.5. The molecule has 0 spiro atoms. The summed E-state index contributed by atoms with van der Waals surface area (Å²) in [6, 6.07) is 18.0. The average molecular weight is 611 g/mol. The molecule has 1 amide bonds. The Labute approximate surface area is 247 Å². The molecule has 0 saturated carbocycles. The fourth-order valence-electron chi connectivity index (χ4n) is 4.48. The van der Waals surface area contributed by atoms with Gasteiger partial charge in [-0.15, -0.1) is 0 Å². The Morgan fingerprint density at radius 1 is 0.930 bits per heavy atom. The first-order valence-electron chi connectivity index (χ1n) is 13.4. The minimum atomic E-state index is -4.51. The maximum atomic E-state index is 13.2. The average Bonchev–Trinajstić information content (AvgIpc) is 2.97. The summed E-state index contributed by atoms with van der Waals surface area (Å²) in [5, 5.41) is 9.09. The lowest BCUT2D eigenvalue weighted by atomic mass is 9.83. The van der Waals surface area contributed by atoms with E-state index < -0.39 is 33.1 Å². The second kappa shape index (κ2) is 11.7. The Bertz CT molecular complexity index is 1760. The number of nitrogens with zero attached hydrogens (tertiary/aromatic N) is 2. The smallest absolute Gasteiger partial charge is 0.369 e. The normalized spacial score (nSPS) is 15.1. The van der Waals surface area contributed by atoms with Gasteiger partial charge in [0.2, 0.25) is 21.9 Å². The van der Waals surface area contributed by atoms with Gasteiger partial charge in [-0.25, -0.2) is 18.1 Å². The SMILES string of the molecule is CC(C)(C(=O)Nc1ccc(-c2cnc3nc2NCCCNS(=O)(=O)c2cccc(c2)N3)cc1)c1cccc(C(F)(F)F)c1. The molecule has 0 fully saturated rings. The Morgan fingerprint density at radius 2 is 1.65 bits per heavy atom. The zero-order chi connectivity index (χ0) is 30.8. The van der Waals surface area contributed by atoms with Crippen molar-refractivity contribution in [3.8, 4) is 11.1 Å². The van der Waals surface area contributed by atoms with Crippen molar-refractivity contribution >= 4 is 39.1 Å². The van der Waals surface area contributed by atoms with Crippen molar-refractivity contribution in [2.24, 2.45) is 0 Å². The van der Waals surface area contributed by atoms with E-state index in [1.54, 1.807) is 56.4 Å². The fourth-order valence-corrected chi connectivity index (χ4v) is 5.60. The largest absolute Gasteiger partial charge is 0.416 e. The number of anilines is 4. The molecular weight excluding hydrogens is 581 g/mol. The predicted molar refractivity (Wildman–Crippen MR) is 159 cm³/mol. The van der Waals surface area contributed by atoms with E-state index in [4.69, 9.17) is 0 Å². The summed E-state index contributed by atoms with van der Waals surface area (Å²) in [6.45, 7) is 3.80. The van der Waals surface area contributed by atoms with Crippen LogP contribution in [0, 0.1) is 0 Å². The lowest BCUT2D eigenvalue weighted by molar-refractivity contribution is -0.137. The van der Waals surface area contributed by atoms with Crippen LogP contribution in [0.5, 0.6) is 0 Å². The molecule has 4 N–H and O–H groups in total. The molecule has 1 aliphatic heterocycles. The van der Waals surface area contributed by atoms with Gasteiger partial charge in [0.25, 0.3) is 0 Å². The van der Waals surface area contributed by atoms with Gasteiger partial charge in [-0.05, 0) is 67.8 Å². The molecule has 43 heavy (non-hydrogen) atoms. The molecular formula is C30H29F3N6O3S.